The molecule has 1 atom stereocenters. The first-order valence-electron chi connectivity index (χ1n) is 12.0. The highest BCUT2D eigenvalue weighted by Gasteiger charge is 2.54. The van der Waals surface area contributed by atoms with E-state index in [1.165, 1.54) is 36.4 Å². The van der Waals surface area contributed by atoms with Gasteiger partial charge in [-0.25, -0.2) is 10.1 Å². The zero-order valence-corrected chi connectivity index (χ0v) is 25.1. The van der Waals surface area contributed by atoms with Gasteiger partial charge in [-0.3, -0.25) is 9.35 Å². The van der Waals surface area contributed by atoms with E-state index in [1.807, 2.05) is 19.0 Å². The fourth-order valence-corrected chi connectivity index (χ4v) is 5.79. The van der Waals surface area contributed by atoms with Crippen LogP contribution in [0.3, 0.4) is 0 Å². The quantitative estimate of drug-likeness (QED) is 0.0688. The van der Waals surface area contributed by atoms with Gasteiger partial charge in [0.25, 0.3) is 18.2 Å². The number of hydrogen-bond donors (Lipinski definition) is 3. The van der Waals surface area contributed by atoms with Crippen LogP contribution < -0.4 is 18.4 Å². The van der Waals surface area contributed by atoms with Gasteiger partial charge in [0.05, 0.1) is 15.6 Å². The Morgan fingerprint density at radius 1 is 1.05 bits per heavy atom. The van der Waals surface area contributed by atoms with Gasteiger partial charge in [-0.1, -0.05) is 38.6 Å². The molecule has 1 unspecified atom stereocenters. The number of likely N-dealkylation sites (N-methyl/N-ethyl adjacent to an activating group) is 1. The van der Waals surface area contributed by atoms with E-state index in [0.717, 1.165) is 6.07 Å². The topological polar surface area (TPSA) is 179 Å². The van der Waals surface area contributed by atoms with Crippen LogP contribution >= 0.6 is 35.5 Å². The Kier molecular flexibility index (Phi) is 8.68. The van der Waals surface area contributed by atoms with Gasteiger partial charge in [-0.05, 0) is 38.4 Å². The third-order valence-corrected chi connectivity index (χ3v) is 7.74. The molecule has 0 aliphatic carbocycles. The Labute approximate surface area is 258 Å². The SMILES string of the molecule is CN(C)CCNC(=O)c1ccc2c(c1)C(=O)OC21c2cc(Cl)c(OSOOO)cc2Oc2cc(OS(=O)(=O)O)c(Cl)cc21. The lowest BCUT2D eigenvalue weighted by Crippen LogP contribution is -2.33. The van der Waals surface area contributed by atoms with Crippen molar-refractivity contribution in [3.63, 3.8) is 0 Å². The van der Waals surface area contributed by atoms with Gasteiger partial charge in [-0.2, -0.15) is 8.42 Å². The first-order valence-corrected chi connectivity index (χ1v) is 14.8. The predicted octanol–water partition coefficient (Wildman–Crippen LogP) is 4.40. The third kappa shape index (κ3) is 6.06. The number of fused-ring (bicyclic) bond motifs is 6. The Hall–Kier alpha value is -3.32. The van der Waals surface area contributed by atoms with Crippen LogP contribution in [0.2, 0.25) is 10.0 Å². The van der Waals surface area contributed by atoms with Crippen molar-refractivity contribution in [2.75, 3.05) is 27.2 Å². The first kappa shape index (κ1) is 31.1. The van der Waals surface area contributed by atoms with E-state index in [-0.39, 0.29) is 61.9 Å². The lowest BCUT2D eigenvalue weighted by Gasteiger charge is -2.37. The zero-order chi connectivity index (χ0) is 31.1. The molecular formula is C25H20Cl2N2O12S2. The fourth-order valence-electron chi connectivity index (χ4n) is 4.66. The fraction of sp³-hybridized carbons (Fsp3) is 0.200. The summed E-state index contributed by atoms with van der Waals surface area (Å²) < 4.78 is 58.2. The smallest absolute Gasteiger partial charge is 0.446 e. The second kappa shape index (κ2) is 12.0. The molecule has 0 aromatic heterocycles. The number of nitrogens with one attached hydrogen (secondary N) is 1. The van der Waals surface area contributed by atoms with E-state index < -0.39 is 33.6 Å². The van der Waals surface area contributed by atoms with Crippen LogP contribution in [-0.2, 0) is 30.1 Å². The summed E-state index contributed by atoms with van der Waals surface area (Å²) in [5, 5.41) is 14.4. The molecule has 0 bridgehead atoms. The molecule has 1 amide bonds. The lowest BCUT2D eigenvalue weighted by atomic mass is 9.77. The van der Waals surface area contributed by atoms with E-state index in [1.54, 1.807) is 0 Å². The molecular weight excluding hydrogens is 655 g/mol. The van der Waals surface area contributed by atoms with Crippen LogP contribution in [-0.4, -0.2) is 62.2 Å². The first-order chi connectivity index (χ1) is 20.3. The largest absolute Gasteiger partial charge is 0.456 e. The molecule has 1 spiro atoms. The van der Waals surface area contributed by atoms with E-state index in [2.05, 4.69) is 18.9 Å². The molecule has 3 aromatic rings. The highest BCUT2D eigenvalue weighted by Crippen LogP contribution is 2.59. The van der Waals surface area contributed by atoms with Crippen molar-refractivity contribution in [1.82, 2.24) is 10.2 Å². The molecule has 228 valence electrons. The molecule has 14 nitrogen and oxygen atoms in total. The number of hydrogen-bond acceptors (Lipinski definition) is 13. The van der Waals surface area contributed by atoms with Crippen LogP contribution in [0.1, 0.15) is 37.4 Å². The number of halogens is 2. The summed E-state index contributed by atoms with van der Waals surface area (Å²) in [4.78, 5) is 28.1. The molecule has 3 N–H and O–H groups in total. The number of esters is 1. The van der Waals surface area contributed by atoms with Gasteiger partial charge in [-0.15, -0.1) is 0 Å². The van der Waals surface area contributed by atoms with Crippen LogP contribution in [0.5, 0.6) is 23.0 Å². The van der Waals surface area contributed by atoms with Gasteiger partial charge in [0.2, 0.25) is 0 Å². The molecule has 0 saturated heterocycles. The average molecular weight is 675 g/mol. The molecule has 0 fully saturated rings. The Morgan fingerprint density at radius 2 is 1.70 bits per heavy atom. The summed E-state index contributed by atoms with van der Waals surface area (Å²) >= 11 is 13.0. The van der Waals surface area contributed by atoms with Crippen molar-refractivity contribution in [2.24, 2.45) is 0 Å². The maximum atomic E-state index is 13.4. The van der Waals surface area contributed by atoms with Crippen LogP contribution in [0.25, 0.3) is 0 Å². The van der Waals surface area contributed by atoms with Crippen molar-refractivity contribution < 1.29 is 55.0 Å². The number of ether oxygens (including phenoxy) is 2. The van der Waals surface area contributed by atoms with Crippen LogP contribution in [0, 0.1) is 0 Å². The molecule has 18 heteroatoms. The van der Waals surface area contributed by atoms with Crippen molar-refractivity contribution >= 4 is 57.8 Å². The van der Waals surface area contributed by atoms with Gasteiger partial charge in [0, 0.05) is 47.5 Å². The van der Waals surface area contributed by atoms with Crippen LogP contribution in [0.15, 0.2) is 42.5 Å². The molecule has 0 radical (unpaired) electrons. The van der Waals surface area contributed by atoms with E-state index in [0.29, 0.717) is 18.7 Å². The number of rotatable bonds is 10. The summed E-state index contributed by atoms with van der Waals surface area (Å²) in [6, 6.07) is 9.50. The monoisotopic (exact) mass is 674 g/mol. The summed E-state index contributed by atoms with van der Waals surface area (Å²) in [6.07, 6.45) is 0. The number of carbonyl (C=O) groups excluding carboxylic acids is 2. The minimum absolute atomic E-state index is 0.00183. The minimum atomic E-state index is -4.97. The van der Waals surface area contributed by atoms with Gasteiger partial charge in [0.15, 0.2) is 17.1 Å². The Bertz CT molecular complexity index is 1740. The normalized spacial score (nSPS) is 16.7. The van der Waals surface area contributed by atoms with E-state index >= 15 is 0 Å². The lowest BCUT2D eigenvalue weighted by molar-refractivity contribution is -0.433. The molecule has 3 aromatic carbocycles. The maximum Gasteiger partial charge on any atom is 0.446 e. The summed E-state index contributed by atoms with van der Waals surface area (Å²) in [6.45, 7) is 0.974. The molecule has 43 heavy (non-hydrogen) atoms. The Balaban J connectivity index is 1.67. The number of carbonyl (C=O) groups is 2. The number of nitrogens with zero attached hydrogens (tertiary/aromatic N) is 1. The Morgan fingerprint density at radius 3 is 2.33 bits per heavy atom. The predicted molar refractivity (Wildman–Crippen MR) is 151 cm³/mol. The highest BCUT2D eigenvalue weighted by molar-refractivity contribution is 7.90. The average Bonchev–Trinajstić information content (AvgIpc) is 3.22. The van der Waals surface area contributed by atoms with Crippen molar-refractivity contribution in [3.05, 3.63) is 80.3 Å². The third-order valence-electron chi connectivity index (χ3n) is 6.40. The second-order valence-electron chi connectivity index (χ2n) is 9.35. The number of benzene rings is 3. The summed E-state index contributed by atoms with van der Waals surface area (Å²) in [7, 11) is -1.25. The molecule has 2 heterocycles. The van der Waals surface area contributed by atoms with E-state index in [4.69, 9.17) is 42.1 Å². The van der Waals surface area contributed by atoms with Gasteiger partial charge in [0.1, 0.15) is 11.5 Å². The van der Waals surface area contributed by atoms with Gasteiger partial charge < -0.3 is 28.1 Å². The van der Waals surface area contributed by atoms with E-state index in [9.17, 15) is 22.6 Å². The summed E-state index contributed by atoms with van der Waals surface area (Å²) in [5.74, 6) is -1.74. The molecule has 0 saturated carbocycles. The summed E-state index contributed by atoms with van der Waals surface area (Å²) in [5.41, 5.74) is -0.817. The zero-order valence-electron chi connectivity index (χ0n) is 22.0. The van der Waals surface area contributed by atoms with Crippen molar-refractivity contribution in [3.8, 4) is 23.0 Å². The van der Waals surface area contributed by atoms with Gasteiger partial charge >= 0.3 is 16.4 Å². The molecule has 2 aliphatic heterocycles. The standard InChI is InChI=1S/C25H20Cl2N2O12S2/c1-29(2)6-5-28-23(30)12-3-4-14-13(7-12)24(31)37-25(14)15-8-17(26)21(38-42-41-40-32)10-19(15)36-20-11-22(39-43(33,34)35)18(27)9-16(20)25/h3-4,7-11,32H,5-6H2,1-2H3,(H,28,30)(H,33,34,35). The minimum Gasteiger partial charge on any atom is -0.456 e. The maximum absolute atomic E-state index is 13.4. The number of amides is 1. The molecule has 2 aliphatic rings. The second-order valence-corrected chi connectivity index (χ2v) is 11.6. The van der Waals surface area contributed by atoms with Crippen molar-refractivity contribution in [1.29, 1.82) is 0 Å². The van der Waals surface area contributed by atoms with Crippen LogP contribution in [0.4, 0.5) is 0 Å². The molecule has 5 rings (SSSR count). The van der Waals surface area contributed by atoms with Crippen molar-refractivity contribution in [2.45, 2.75) is 5.60 Å². The highest BCUT2D eigenvalue weighted by atomic mass is 35.5.